The molecule has 1 heterocycles. The van der Waals surface area contributed by atoms with Gasteiger partial charge in [-0.05, 0) is 30.9 Å². The fraction of sp³-hybridized carbons (Fsp3) is 0.176. The Bertz CT molecular complexity index is 884. The first kappa shape index (κ1) is 13.9. The van der Waals surface area contributed by atoms with Gasteiger partial charge in [-0.3, -0.25) is 0 Å². The van der Waals surface area contributed by atoms with Crippen LogP contribution in [-0.2, 0) is 6.42 Å². The number of aryl methyl sites for hydroxylation is 1. The molecule has 0 bridgehead atoms. The van der Waals surface area contributed by atoms with Crippen molar-refractivity contribution in [2.75, 3.05) is 0 Å². The van der Waals surface area contributed by atoms with E-state index in [0.29, 0.717) is 15.9 Å². The molecule has 0 spiro atoms. The third-order valence-electron chi connectivity index (χ3n) is 3.74. The van der Waals surface area contributed by atoms with Crippen molar-refractivity contribution in [3.63, 3.8) is 0 Å². The van der Waals surface area contributed by atoms with Crippen LogP contribution in [0.3, 0.4) is 0 Å². The summed E-state index contributed by atoms with van der Waals surface area (Å²) in [6, 6.07) is 10.6. The minimum Gasteiger partial charge on any atom is -0.343 e. The molecule has 0 amide bonds. The Morgan fingerprint density at radius 3 is 2.57 bits per heavy atom. The summed E-state index contributed by atoms with van der Waals surface area (Å²) in [6.45, 7) is 4.04. The predicted octanol–water partition coefficient (Wildman–Crippen LogP) is 4.97. The Morgan fingerprint density at radius 1 is 1.14 bits per heavy atom. The van der Waals surface area contributed by atoms with Crippen LogP contribution in [0.15, 0.2) is 36.4 Å². The maximum atomic E-state index is 13.9. The number of aromatic amines is 1. The topological polar surface area (TPSA) is 28.7 Å². The molecule has 0 saturated carbocycles. The van der Waals surface area contributed by atoms with Gasteiger partial charge in [-0.15, -0.1) is 0 Å². The first-order valence-corrected chi connectivity index (χ1v) is 7.30. The number of hydrogen-bond acceptors (Lipinski definition) is 2. The highest BCUT2D eigenvalue weighted by Crippen LogP contribution is 2.28. The number of nitrogens with one attached hydrogen (secondary N) is 1. The van der Waals surface area contributed by atoms with Gasteiger partial charge in [0.25, 0.3) is 0 Å². The molecule has 0 radical (unpaired) electrons. The predicted molar refractivity (Wildman–Crippen MR) is 86.4 cm³/mol. The maximum Gasteiger partial charge on any atom is 0.139 e. The lowest BCUT2D eigenvalue weighted by molar-refractivity contribution is 0.640. The van der Waals surface area contributed by atoms with Crippen molar-refractivity contribution < 1.29 is 4.39 Å². The first-order chi connectivity index (χ1) is 10.1. The van der Waals surface area contributed by atoms with Crippen LogP contribution in [0.2, 0.25) is 0 Å². The quantitative estimate of drug-likeness (QED) is 0.677. The SMILES string of the molecule is CCc1[nH]c(-c2ccc(F)c3ccccc23)nc(=S)c1C. The van der Waals surface area contributed by atoms with Gasteiger partial charge < -0.3 is 4.98 Å². The number of rotatable bonds is 2. The Kier molecular flexibility index (Phi) is 3.55. The highest BCUT2D eigenvalue weighted by molar-refractivity contribution is 7.71. The smallest absolute Gasteiger partial charge is 0.139 e. The van der Waals surface area contributed by atoms with Gasteiger partial charge in [0.15, 0.2) is 0 Å². The lowest BCUT2D eigenvalue weighted by atomic mass is 10.0. The molecule has 3 aromatic rings. The largest absolute Gasteiger partial charge is 0.343 e. The molecule has 4 heteroatoms. The van der Waals surface area contributed by atoms with E-state index in [1.807, 2.05) is 25.1 Å². The second-order valence-corrected chi connectivity index (χ2v) is 5.37. The van der Waals surface area contributed by atoms with Crippen molar-refractivity contribution in [1.82, 2.24) is 9.97 Å². The third-order valence-corrected chi connectivity index (χ3v) is 4.13. The van der Waals surface area contributed by atoms with Crippen LogP contribution >= 0.6 is 12.2 Å². The first-order valence-electron chi connectivity index (χ1n) is 6.89. The minimum absolute atomic E-state index is 0.226. The highest BCUT2D eigenvalue weighted by Gasteiger charge is 2.11. The van der Waals surface area contributed by atoms with Crippen LogP contribution in [0.4, 0.5) is 4.39 Å². The van der Waals surface area contributed by atoms with Gasteiger partial charge in [-0.25, -0.2) is 9.37 Å². The van der Waals surface area contributed by atoms with Crippen molar-refractivity contribution in [3.8, 4) is 11.4 Å². The summed E-state index contributed by atoms with van der Waals surface area (Å²) in [6.07, 6.45) is 0.851. The molecule has 3 rings (SSSR count). The van der Waals surface area contributed by atoms with E-state index >= 15 is 0 Å². The van der Waals surface area contributed by atoms with E-state index < -0.39 is 0 Å². The zero-order valence-electron chi connectivity index (χ0n) is 11.9. The van der Waals surface area contributed by atoms with E-state index in [4.69, 9.17) is 12.2 Å². The molecule has 0 aliphatic rings. The maximum absolute atomic E-state index is 13.9. The second-order valence-electron chi connectivity index (χ2n) is 4.99. The van der Waals surface area contributed by atoms with Crippen LogP contribution in [0, 0.1) is 17.4 Å². The standard InChI is InChI=1S/C17H15FN2S/c1-3-15-10(2)17(21)20-16(19-15)13-8-9-14(18)12-7-5-4-6-11(12)13/h4-9H,3H2,1-2H3,(H,19,20,21). The van der Waals surface area contributed by atoms with E-state index in [0.717, 1.165) is 28.6 Å². The molecule has 0 atom stereocenters. The molecular weight excluding hydrogens is 283 g/mol. The van der Waals surface area contributed by atoms with Crippen LogP contribution in [0.25, 0.3) is 22.2 Å². The summed E-state index contributed by atoms with van der Waals surface area (Å²) in [5.41, 5.74) is 2.94. The summed E-state index contributed by atoms with van der Waals surface area (Å²) in [4.78, 5) is 7.80. The fourth-order valence-electron chi connectivity index (χ4n) is 2.53. The molecule has 0 aliphatic carbocycles. The van der Waals surface area contributed by atoms with Crippen LogP contribution in [0.1, 0.15) is 18.2 Å². The van der Waals surface area contributed by atoms with Gasteiger partial charge in [0.2, 0.25) is 0 Å². The van der Waals surface area contributed by atoms with Crippen LogP contribution < -0.4 is 0 Å². The minimum atomic E-state index is -0.226. The molecule has 0 unspecified atom stereocenters. The van der Waals surface area contributed by atoms with Crippen molar-refractivity contribution >= 4 is 23.0 Å². The molecule has 1 N–H and O–H groups in total. The van der Waals surface area contributed by atoms with E-state index in [1.165, 1.54) is 6.07 Å². The van der Waals surface area contributed by atoms with Crippen molar-refractivity contribution in [2.24, 2.45) is 0 Å². The molecule has 0 saturated heterocycles. The van der Waals surface area contributed by atoms with Crippen molar-refractivity contribution in [2.45, 2.75) is 20.3 Å². The lowest BCUT2D eigenvalue weighted by Gasteiger charge is -2.10. The second kappa shape index (κ2) is 5.37. The van der Waals surface area contributed by atoms with E-state index in [9.17, 15) is 4.39 Å². The van der Waals surface area contributed by atoms with Gasteiger partial charge in [0.1, 0.15) is 16.3 Å². The summed E-state index contributed by atoms with van der Waals surface area (Å²) >= 11 is 5.34. The molecule has 1 aromatic heterocycles. The number of fused-ring (bicyclic) bond motifs is 1. The Morgan fingerprint density at radius 2 is 1.86 bits per heavy atom. The normalized spacial score (nSPS) is 11.0. The summed E-state index contributed by atoms with van der Waals surface area (Å²) in [5.74, 6) is 0.467. The van der Waals surface area contributed by atoms with Crippen LogP contribution in [-0.4, -0.2) is 9.97 Å². The Labute approximate surface area is 127 Å². The number of benzene rings is 2. The summed E-state index contributed by atoms with van der Waals surface area (Å²) in [5, 5.41) is 1.43. The van der Waals surface area contributed by atoms with Crippen molar-refractivity contribution in [1.29, 1.82) is 0 Å². The fourth-order valence-corrected chi connectivity index (χ4v) is 2.74. The average Bonchev–Trinajstić information content (AvgIpc) is 2.51. The van der Waals surface area contributed by atoms with E-state index in [-0.39, 0.29) is 5.82 Å². The monoisotopic (exact) mass is 298 g/mol. The van der Waals surface area contributed by atoms with Gasteiger partial charge >= 0.3 is 0 Å². The van der Waals surface area contributed by atoms with Gasteiger partial charge in [0.05, 0.1) is 0 Å². The molecule has 0 aliphatic heterocycles. The molecule has 2 nitrogen and oxygen atoms in total. The average molecular weight is 298 g/mol. The zero-order valence-corrected chi connectivity index (χ0v) is 12.7. The zero-order chi connectivity index (χ0) is 15.0. The van der Waals surface area contributed by atoms with E-state index in [2.05, 4.69) is 16.9 Å². The Balaban J connectivity index is 2.34. The number of hydrogen-bond donors (Lipinski definition) is 1. The van der Waals surface area contributed by atoms with Crippen molar-refractivity contribution in [3.05, 3.63) is 58.1 Å². The summed E-state index contributed by atoms with van der Waals surface area (Å²) < 4.78 is 14.5. The van der Waals surface area contributed by atoms with E-state index in [1.54, 1.807) is 12.1 Å². The molecule has 0 fully saturated rings. The van der Waals surface area contributed by atoms with Gasteiger partial charge in [-0.1, -0.05) is 43.4 Å². The van der Waals surface area contributed by atoms with Crippen LogP contribution in [0.5, 0.6) is 0 Å². The third kappa shape index (κ3) is 2.36. The van der Waals surface area contributed by atoms with Gasteiger partial charge in [-0.2, -0.15) is 0 Å². The Hall–Kier alpha value is -2.07. The number of nitrogens with zero attached hydrogens (tertiary/aromatic N) is 1. The number of halogens is 1. The number of H-pyrrole nitrogens is 1. The highest BCUT2D eigenvalue weighted by atomic mass is 32.1. The molecule has 106 valence electrons. The molecule has 21 heavy (non-hydrogen) atoms. The summed E-state index contributed by atoms with van der Waals surface area (Å²) in [7, 11) is 0. The van der Waals surface area contributed by atoms with Gasteiger partial charge in [0, 0.05) is 22.2 Å². The lowest BCUT2D eigenvalue weighted by Crippen LogP contribution is -2.00. The molecular formula is C17H15FN2S. The number of aromatic nitrogens is 2. The molecule has 2 aromatic carbocycles.